The minimum absolute atomic E-state index is 0.0250. The molecule has 0 aromatic heterocycles. The summed E-state index contributed by atoms with van der Waals surface area (Å²) in [5.74, 6) is -0.579. The highest BCUT2D eigenvalue weighted by Gasteiger charge is 2.20. The fraction of sp³-hybridized carbons (Fsp3) is 0.278. The summed E-state index contributed by atoms with van der Waals surface area (Å²) in [6, 6.07) is 11.6. The molecule has 2 rings (SSSR count). The Morgan fingerprint density at radius 2 is 1.84 bits per heavy atom. The van der Waals surface area contributed by atoms with Crippen molar-refractivity contribution in [1.82, 2.24) is 9.62 Å². The number of nitrogens with one attached hydrogen (secondary N) is 1. The molecule has 0 saturated heterocycles. The van der Waals surface area contributed by atoms with Gasteiger partial charge in [0.1, 0.15) is 5.82 Å². The van der Waals surface area contributed by atoms with Gasteiger partial charge in [0.15, 0.2) is 5.78 Å². The predicted octanol–water partition coefficient (Wildman–Crippen LogP) is 2.61. The number of nitrogens with zero attached hydrogens (tertiary/aromatic N) is 1. The molecule has 0 bridgehead atoms. The van der Waals surface area contributed by atoms with Crippen LogP contribution in [-0.4, -0.2) is 39.7 Å². The summed E-state index contributed by atoms with van der Waals surface area (Å²) in [6.45, 7) is 1.45. The molecular formula is C18H21FN2O3S. The second-order valence-electron chi connectivity index (χ2n) is 5.97. The van der Waals surface area contributed by atoms with E-state index in [1.807, 2.05) is 4.90 Å². The van der Waals surface area contributed by atoms with Crippen molar-refractivity contribution in [3.8, 4) is 0 Å². The largest absolute Gasteiger partial charge is 0.301 e. The zero-order chi connectivity index (χ0) is 18.6. The third-order valence-corrected chi connectivity index (χ3v) is 5.30. The van der Waals surface area contributed by atoms with Gasteiger partial charge >= 0.3 is 0 Å². The van der Waals surface area contributed by atoms with Gasteiger partial charge in [0.2, 0.25) is 10.0 Å². The number of carbonyl (C=O) groups excluding carboxylic acids is 1. The minimum atomic E-state index is -3.79. The van der Waals surface area contributed by atoms with E-state index in [1.54, 1.807) is 32.3 Å². The normalized spacial score (nSPS) is 13.0. The maximum atomic E-state index is 13.5. The van der Waals surface area contributed by atoms with Crippen LogP contribution in [0.4, 0.5) is 4.39 Å². The van der Waals surface area contributed by atoms with Gasteiger partial charge in [-0.25, -0.2) is 17.5 Å². The van der Waals surface area contributed by atoms with Gasteiger partial charge in [0, 0.05) is 18.2 Å². The number of sulfonamides is 1. The molecule has 1 N–H and O–H groups in total. The second kappa shape index (κ2) is 7.86. The van der Waals surface area contributed by atoms with Crippen LogP contribution in [0.5, 0.6) is 0 Å². The summed E-state index contributed by atoms with van der Waals surface area (Å²) in [5, 5.41) is 0. The summed E-state index contributed by atoms with van der Waals surface area (Å²) in [7, 11) is -0.202. The van der Waals surface area contributed by atoms with Gasteiger partial charge in [0.25, 0.3) is 0 Å². The molecule has 1 unspecified atom stereocenters. The van der Waals surface area contributed by atoms with Gasteiger partial charge in [-0.15, -0.1) is 0 Å². The van der Waals surface area contributed by atoms with Crippen LogP contribution < -0.4 is 4.72 Å². The third kappa shape index (κ3) is 4.94. The molecule has 0 saturated carbocycles. The van der Waals surface area contributed by atoms with Gasteiger partial charge in [-0.2, -0.15) is 0 Å². The van der Waals surface area contributed by atoms with Crippen molar-refractivity contribution >= 4 is 15.8 Å². The molecule has 0 aliphatic carbocycles. The van der Waals surface area contributed by atoms with Gasteiger partial charge in [-0.1, -0.05) is 24.3 Å². The first-order valence-electron chi connectivity index (χ1n) is 7.73. The average molecular weight is 364 g/mol. The van der Waals surface area contributed by atoms with E-state index in [2.05, 4.69) is 4.72 Å². The molecule has 5 nitrogen and oxygen atoms in total. The highest BCUT2D eigenvalue weighted by Crippen LogP contribution is 2.20. The Balaban J connectivity index is 2.22. The van der Waals surface area contributed by atoms with Gasteiger partial charge in [-0.05, 0) is 50.8 Å². The van der Waals surface area contributed by atoms with Crippen molar-refractivity contribution in [3.05, 3.63) is 65.5 Å². The number of halogens is 1. The molecular weight excluding hydrogens is 343 g/mol. The summed E-state index contributed by atoms with van der Waals surface area (Å²) in [5.41, 5.74) is 1.00. The number of hydrogen-bond donors (Lipinski definition) is 1. The fourth-order valence-electron chi connectivity index (χ4n) is 2.47. The standard InChI is InChI=1S/C18H21FN2O3S/c1-13(22)14-6-5-9-17(11-14)25(23,24)20-12-18(21(2)3)15-7-4-8-16(19)10-15/h4-11,18,20H,12H2,1-3H3. The molecule has 0 amide bonds. The van der Waals surface area contributed by atoms with Crippen molar-refractivity contribution in [1.29, 1.82) is 0 Å². The molecule has 0 spiro atoms. The van der Waals surface area contributed by atoms with E-state index >= 15 is 0 Å². The van der Waals surface area contributed by atoms with Crippen LogP contribution in [0.15, 0.2) is 53.4 Å². The lowest BCUT2D eigenvalue weighted by atomic mass is 10.1. The van der Waals surface area contributed by atoms with Crippen molar-refractivity contribution < 1.29 is 17.6 Å². The van der Waals surface area contributed by atoms with Crippen molar-refractivity contribution in [2.75, 3.05) is 20.6 Å². The molecule has 134 valence electrons. The number of ketones is 1. The van der Waals surface area contributed by atoms with E-state index in [0.29, 0.717) is 11.1 Å². The molecule has 2 aromatic rings. The van der Waals surface area contributed by atoms with E-state index in [-0.39, 0.29) is 29.1 Å². The van der Waals surface area contributed by atoms with E-state index in [1.165, 1.54) is 37.3 Å². The summed E-state index contributed by atoms with van der Waals surface area (Å²) in [4.78, 5) is 13.3. The van der Waals surface area contributed by atoms with Crippen molar-refractivity contribution in [2.45, 2.75) is 17.9 Å². The monoisotopic (exact) mass is 364 g/mol. The third-order valence-electron chi connectivity index (χ3n) is 3.87. The number of likely N-dealkylation sites (N-methyl/N-ethyl adjacent to an activating group) is 1. The summed E-state index contributed by atoms with van der Waals surface area (Å²) >= 11 is 0. The number of hydrogen-bond acceptors (Lipinski definition) is 4. The zero-order valence-corrected chi connectivity index (χ0v) is 15.2. The second-order valence-corrected chi connectivity index (χ2v) is 7.74. The maximum Gasteiger partial charge on any atom is 0.240 e. The van der Waals surface area contributed by atoms with Gasteiger partial charge < -0.3 is 4.90 Å². The highest BCUT2D eigenvalue weighted by atomic mass is 32.2. The Hall–Kier alpha value is -2.09. The smallest absolute Gasteiger partial charge is 0.240 e. The number of Topliss-reactive ketones (excluding diaryl/α,β-unsaturated/α-hetero) is 1. The van der Waals surface area contributed by atoms with Crippen LogP contribution in [0, 0.1) is 5.82 Å². The van der Waals surface area contributed by atoms with Crippen LogP contribution in [0.25, 0.3) is 0 Å². The molecule has 2 aromatic carbocycles. The molecule has 0 aliphatic heterocycles. The van der Waals surface area contributed by atoms with Crippen LogP contribution in [0.3, 0.4) is 0 Å². The maximum absolute atomic E-state index is 13.5. The van der Waals surface area contributed by atoms with E-state index in [9.17, 15) is 17.6 Å². The van der Waals surface area contributed by atoms with Crippen molar-refractivity contribution in [2.24, 2.45) is 0 Å². The lowest BCUT2D eigenvalue weighted by molar-refractivity contribution is 0.101. The van der Waals surface area contributed by atoms with Gasteiger partial charge in [-0.3, -0.25) is 4.79 Å². The first kappa shape index (κ1) is 19.2. The average Bonchev–Trinajstić information content (AvgIpc) is 2.55. The molecule has 0 fully saturated rings. The highest BCUT2D eigenvalue weighted by molar-refractivity contribution is 7.89. The molecule has 0 radical (unpaired) electrons. The zero-order valence-electron chi connectivity index (χ0n) is 14.4. The molecule has 25 heavy (non-hydrogen) atoms. The Morgan fingerprint density at radius 1 is 1.16 bits per heavy atom. The Morgan fingerprint density at radius 3 is 2.44 bits per heavy atom. The molecule has 7 heteroatoms. The van der Waals surface area contributed by atoms with Crippen molar-refractivity contribution in [3.63, 3.8) is 0 Å². The first-order chi connectivity index (χ1) is 11.7. The van der Waals surface area contributed by atoms with Crippen LogP contribution >= 0.6 is 0 Å². The quantitative estimate of drug-likeness (QED) is 0.767. The SMILES string of the molecule is CC(=O)c1cccc(S(=O)(=O)NCC(c2cccc(F)c2)N(C)C)c1. The van der Waals surface area contributed by atoms with Gasteiger partial charge in [0.05, 0.1) is 4.90 Å². The fourth-order valence-corrected chi connectivity index (χ4v) is 3.55. The number of carbonyl (C=O) groups is 1. The molecule has 0 heterocycles. The van der Waals surface area contributed by atoms with E-state index < -0.39 is 10.0 Å². The summed E-state index contributed by atoms with van der Waals surface area (Å²) < 4.78 is 41.0. The van der Waals surface area contributed by atoms with Crippen LogP contribution in [-0.2, 0) is 10.0 Å². The Kier molecular flexibility index (Phi) is 6.05. The number of benzene rings is 2. The lowest BCUT2D eigenvalue weighted by Crippen LogP contribution is -2.34. The van der Waals surface area contributed by atoms with Crippen LogP contribution in [0.1, 0.15) is 28.9 Å². The topological polar surface area (TPSA) is 66.5 Å². The molecule has 0 aliphatic rings. The predicted molar refractivity (Wildman–Crippen MR) is 94.5 cm³/mol. The lowest BCUT2D eigenvalue weighted by Gasteiger charge is -2.25. The van der Waals surface area contributed by atoms with E-state index in [0.717, 1.165) is 0 Å². The molecule has 1 atom stereocenters. The number of rotatable bonds is 7. The summed E-state index contributed by atoms with van der Waals surface area (Å²) in [6.07, 6.45) is 0. The first-order valence-corrected chi connectivity index (χ1v) is 9.21. The Bertz CT molecular complexity index is 866. The van der Waals surface area contributed by atoms with Crippen LogP contribution in [0.2, 0.25) is 0 Å². The Labute approximate surface area is 147 Å². The van der Waals surface area contributed by atoms with E-state index in [4.69, 9.17) is 0 Å². The minimum Gasteiger partial charge on any atom is -0.301 e.